The molecule has 2 amide bonds. The van der Waals surface area contributed by atoms with Crippen molar-refractivity contribution >= 4 is 51.9 Å². The summed E-state index contributed by atoms with van der Waals surface area (Å²) in [5.74, 6) is -2.34. The van der Waals surface area contributed by atoms with Crippen molar-refractivity contribution in [3.8, 4) is 0 Å². The fourth-order valence-electron chi connectivity index (χ4n) is 4.43. The number of amides is 2. The van der Waals surface area contributed by atoms with E-state index in [1.165, 1.54) is 18.9 Å². The number of anilines is 1. The third kappa shape index (κ3) is 4.34. The van der Waals surface area contributed by atoms with Gasteiger partial charge in [-0.25, -0.2) is 4.79 Å². The zero-order valence-electron chi connectivity index (χ0n) is 18.2. The number of nitrogens with one attached hydrogen (secondary N) is 1. The van der Waals surface area contributed by atoms with E-state index in [1.807, 2.05) is 7.05 Å². The number of nitrogens with zero attached hydrogens (tertiary/aromatic N) is 5. The SMILES string of the molecule is CON=C(C(=O)NC1C(=O)N2C(C(=O)O)=C(C[N+]3(C)C[C@@H](O)[C@@H](O)C3)CS[C@@H]12)c1nsc(N)n1. The molecule has 16 heteroatoms. The highest BCUT2D eigenvalue weighted by atomic mass is 32.2. The Morgan fingerprint density at radius 2 is 2.03 bits per heavy atom. The van der Waals surface area contributed by atoms with Gasteiger partial charge in [-0.15, -0.1) is 11.8 Å². The first-order chi connectivity index (χ1) is 16.0. The molecule has 34 heavy (non-hydrogen) atoms. The number of nitrogen functional groups attached to an aromatic ring is 1. The molecule has 0 saturated carbocycles. The highest BCUT2D eigenvalue weighted by molar-refractivity contribution is 8.00. The summed E-state index contributed by atoms with van der Waals surface area (Å²) in [4.78, 5) is 47.6. The van der Waals surface area contributed by atoms with Crippen LogP contribution in [0.3, 0.4) is 0 Å². The van der Waals surface area contributed by atoms with Crippen LogP contribution in [0, 0.1) is 0 Å². The van der Waals surface area contributed by atoms with Crippen LogP contribution >= 0.6 is 23.3 Å². The third-order valence-corrected chi connectivity index (χ3v) is 7.74. The number of aliphatic hydroxyl groups excluding tert-OH is 2. The summed E-state index contributed by atoms with van der Waals surface area (Å²) in [5.41, 5.74) is 5.70. The standard InChI is InChI=1S/C18H23N7O7S2/c1-25(4-8(26)9(27)5-25)3-7-6-33-16-11(15(29)24(16)12(7)17(30)31)20-14(28)10(22-32-2)13-21-18(19)34-23-13/h8-9,11,16,26-27H,3-6H2,1-2H3,(H3-,19,20,21,23,28,30,31)/p+1/t8-,9+,11?,16-,25?/m0/s1. The first-order valence-electron chi connectivity index (χ1n) is 10.2. The number of hydrogen-bond donors (Lipinski definition) is 5. The van der Waals surface area contributed by atoms with E-state index in [4.69, 9.17) is 10.6 Å². The molecule has 0 spiro atoms. The third-order valence-electron chi connectivity index (χ3n) is 5.86. The van der Waals surface area contributed by atoms with Crippen molar-refractivity contribution in [3.05, 3.63) is 17.1 Å². The van der Waals surface area contributed by atoms with Crippen molar-refractivity contribution in [1.82, 2.24) is 19.6 Å². The molecule has 1 aromatic heterocycles. The maximum Gasteiger partial charge on any atom is 0.352 e. The Hall–Kier alpha value is -2.79. The molecule has 3 aliphatic heterocycles. The number of carboxylic acids is 1. The Labute approximate surface area is 201 Å². The van der Waals surface area contributed by atoms with Crippen LogP contribution in [-0.4, -0.2) is 121 Å². The van der Waals surface area contributed by atoms with Crippen LogP contribution in [0.5, 0.6) is 0 Å². The van der Waals surface area contributed by atoms with Gasteiger partial charge in [0, 0.05) is 22.9 Å². The van der Waals surface area contributed by atoms with Crippen molar-refractivity contribution in [3.63, 3.8) is 0 Å². The molecule has 0 aliphatic carbocycles. The summed E-state index contributed by atoms with van der Waals surface area (Å²) in [6.07, 6.45) is -1.78. The lowest BCUT2D eigenvalue weighted by atomic mass is 10.0. The molecule has 0 aromatic carbocycles. The number of oxime groups is 1. The topological polar surface area (TPSA) is 201 Å². The van der Waals surface area contributed by atoms with Gasteiger partial charge >= 0.3 is 5.97 Å². The number of likely N-dealkylation sites (tertiary alicyclic amines) is 1. The fourth-order valence-corrected chi connectivity index (χ4v) is 6.20. The lowest BCUT2D eigenvalue weighted by Crippen LogP contribution is -2.71. The molecule has 2 saturated heterocycles. The van der Waals surface area contributed by atoms with E-state index >= 15 is 0 Å². The molecule has 3 aliphatic rings. The number of likely N-dealkylation sites (N-methyl/N-ethyl adjacent to an activating group) is 1. The number of nitrogens with two attached hydrogens (primary N) is 1. The van der Waals surface area contributed by atoms with E-state index in [0.717, 1.165) is 16.4 Å². The van der Waals surface area contributed by atoms with E-state index in [1.54, 1.807) is 0 Å². The van der Waals surface area contributed by atoms with Gasteiger partial charge < -0.3 is 35.7 Å². The van der Waals surface area contributed by atoms with Crippen LogP contribution in [0.1, 0.15) is 5.82 Å². The number of rotatable bonds is 7. The molecule has 14 nitrogen and oxygen atoms in total. The lowest BCUT2D eigenvalue weighted by Gasteiger charge is -2.49. The zero-order chi connectivity index (χ0) is 24.8. The minimum atomic E-state index is -1.26. The van der Waals surface area contributed by atoms with Crippen LogP contribution in [0.4, 0.5) is 5.13 Å². The monoisotopic (exact) mass is 514 g/mol. The van der Waals surface area contributed by atoms with Crippen molar-refractivity contribution < 1.29 is 39.0 Å². The molecule has 4 rings (SSSR count). The van der Waals surface area contributed by atoms with Gasteiger partial charge in [0.1, 0.15) is 56.1 Å². The number of carboxylic acid groups (broad SMARTS) is 1. The second kappa shape index (κ2) is 9.10. The van der Waals surface area contributed by atoms with Crippen LogP contribution in [0.15, 0.2) is 16.4 Å². The summed E-state index contributed by atoms with van der Waals surface area (Å²) in [6.45, 7) is 0.808. The van der Waals surface area contributed by atoms with Crippen LogP contribution in [0.2, 0.25) is 0 Å². The normalized spacial score (nSPS) is 31.2. The van der Waals surface area contributed by atoms with Gasteiger partial charge in [-0.2, -0.15) is 9.36 Å². The molecule has 0 bridgehead atoms. The van der Waals surface area contributed by atoms with Crippen LogP contribution in [0.25, 0.3) is 0 Å². The van der Waals surface area contributed by atoms with E-state index < -0.39 is 41.4 Å². The maximum atomic E-state index is 12.9. The molecule has 4 heterocycles. The van der Waals surface area contributed by atoms with Gasteiger partial charge in [0.2, 0.25) is 11.5 Å². The van der Waals surface area contributed by atoms with Gasteiger partial charge in [-0.05, 0) is 0 Å². The van der Waals surface area contributed by atoms with Gasteiger partial charge in [0.25, 0.3) is 11.8 Å². The Balaban J connectivity index is 1.52. The Bertz CT molecular complexity index is 1080. The number of aliphatic carboxylic acids is 1. The van der Waals surface area contributed by atoms with Gasteiger partial charge in [-0.1, -0.05) is 5.16 Å². The average Bonchev–Trinajstić information content (AvgIpc) is 3.30. The van der Waals surface area contributed by atoms with E-state index in [2.05, 4.69) is 19.8 Å². The highest BCUT2D eigenvalue weighted by Gasteiger charge is 2.55. The van der Waals surface area contributed by atoms with E-state index in [0.29, 0.717) is 11.3 Å². The molecular formula is C18H24N7O7S2+. The second-order valence-corrected chi connectivity index (χ2v) is 10.4. The summed E-state index contributed by atoms with van der Waals surface area (Å²) in [5, 5.41) is 35.4. The second-order valence-electron chi connectivity index (χ2n) is 8.47. The van der Waals surface area contributed by atoms with Crippen molar-refractivity contribution in [2.75, 3.05) is 45.3 Å². The molecule has 5 atom stereocenters. The van der Waals surface area contributed by atoms with Gasteiger partial charge in [-0.3, -0.25) is 14.5 Å². The minimum Gasteiger partial charge on any atom is -0.477 e. The first-order valence-corrected chi connectivity index (χ1v) is 12.0. The predicted molar refractivity (Wildman–Crippen MR) is 120 cm³/mol. The summed E-state index contributed by atoms with van der Waals surface area (Å²) < 4.78 is 4.18. The predicted octanol–water partition coefficient (Wildman–Crippen LogP) is -2.61. The van der Waals surface area contributed by atoms with Gasteiger partial charge in [0.05, 0.1) is 7.05 Å². The molecule has 2 unspecified atom stereocenters. The number of quaternary nitrogens is 1. The fraction of sp³-hybridized carbons (Fsp3) is 0.556. The van der Waals surface area contributed by atoms with E-state index in [9.17, 15) is 29.7 Å². The van der Waals surface area contributed by atoms with Crippen molar-refractivity contribution in [1.29, 1.82) is 0 Å². The molecule has 1 aromatic rings. The summed E-state index contributed by atoms with van der Waals surface area (Å²) in [6, 6.07) is -0.980. The first kappa shape index (κ1) is 24.3. The Morgan fingerprint density at radius 3 is 2.59 bits per heavy atom. The van der Waals surface area contributed by atoms with Crippen molar-refractivity contribution in [2.24, 2.45) is 5.16 Å². The number of fused-ring (bicyclic) bond motifs is 1. The maximum absolute atomic E-state index is 12.9. The number of aromatic nitrogens is 2. The molecule has 184 valence electrons. The number of hydrogen-bond acceptors (Lipinski definition) is 12. The molecule has 6 N–H and O–H groups in total. The average molecular weight is 515 g/mol. The quantitative estimate of drug-likeness (QED) is 0.110. The lowest BCUT2D eigenvalue weighted by molar-refractivity contribution is -0.895. The van der Waals surface area contributed by atoms with Crippen LogP contribution in [-0.2, 0) is 19.2 Å². The number of carbonyl (C=O) groups is 3. The molecular weight excluding hydrogens is 490 g/mol. The Morgan fingerprint density at radius 1 is 1.35 bits per heavy atom. The molecule has 2 fully saturated rings. The number of β-lactam (4-membered cyclic amide) rings is 1. The van der Waals surface area contributed by atoms with E-state index in [-0.39, 0.29) is 46.5 Å². The van der Waals surface area contributed by atoms with Crippen molar-refractivity contribution in [2.45, 2.75) is 23.6 Å². The van der Waals surface area contributed by atoms with Gasteiger partial charge in [0.15, 0.2) is 5.13 Å². The number of aliphatic hydroxyl groups is 2. The smallest absolute Gasteiger partial charge is 0.352 e. The highest BCUT2D eigenvalue weighted by Crippen LogP contribution is 2.41. The summed E-state index contributed by atoms with van der Waals surface area (Å²) in [7, 11) is 3.06. The largest absolute Gasteiger partial charge is 0.477 e. The molecule has 0 radical (unpaired) electrons. The number of carbonyl (C=O) groups excluding carboxylic acids is 2. The minimum absolute atomic E-state index is 0.0536. The zero-order valence-corrected chi connectivity index (χ0v) is 19.9. The van der Waals surface area contributed by atoms with Crippen LogP contribution < -0.4 is 11.1 Å². The summed E-state index contributed by atoms with van der Waals surface area (Å²) >= 11 is 2.19. The number of thioether (sulfide) groups is 1. The Kier molecular flexibility index (Phi) is 6.52.